The highest BCUT2D eigenvalue weighted by Gasteiger charge is 2.24. The summed E-state index contributed by atoms with van der Waals surface area (Å²) in [6.07, 6.45) is 3.60. The van der Waals surface area contributed by atoms with Gasteiger partial charge in [0.05, 0.1) is 6.04 Å². The molecule has 1 rings (SSSR count). The second-order valence-corrected chi connectivity index (χ2v) is 4.86. The zero-order valence-corrected chi connectivity index (χ0v) is 11.5. The second kappa shape index (κ2) is 7.67. The van der Waals surface area contributed by atoms with Crippen LogP contribution in [0.5, 0.6) is 0 Å². The number of rotatable bonds is 7. The van der Waals surface area contributed by atoms with Crippen molar-refractivity contribution in [1.82, 2.24) is 15.5 Å². The Labute approximate surface area is 105 Å². The number of likely N-dealkylation sites (N-methyl/N-ethyl adjacent to an activating group) is 1. The molecule has 1 aliphatic heterocycles. The van der Waals surface area contributed by atoms with Crippen LogP contribution in [0, 0.1) is 0 Å². The Morgan fingerprint density at radius 3 is 2.82 bits per heavy atom. The summed E-state index contributed by atoms with van der Waals surface area (Å²) in [7, 11) is 0. The van der Waals surface area contributed by atoms with E-state index in [1.807, 2.05) is 13.8 Å². The molecule has 1 amide bonds. The standard InChI is InChI=1S/C13H27N3O/c1-4-9-16(10-12-7-6-8-15-12)11(3)13(17)14-5-2/h11-12,15H,4-10H2,1-3H3,(H,14,17). The molecule has 0 aromatic heterocycles. The number of hydrogen-bond acceptors (Lipinski definition) is 3. The van der Waals surface area contributed by atoms with Gasteiger partial charge in [-0.25, -0.2) is 0 Å². The van der Waals surface area contributed by atoms with E-state index in [1.165, 1.54) is 12.8 Å². The van der Waals surface area contributed by atoms with Gasteiger partial charge in [-0.05, 0) is 46.2 Å². The van der Waals surface area contributed by atoms with Crippen LogP contribution in [0.15, 0.2) is 0 Å². The molecular weight excluding hydrogens is 214 g/mol. The van der Waals surface area contributed by atoms with E-state index in [-0.39, 0.29) is 11.9 Å². The van der Waals surface area contributed by atoms with Crippen molar-refractivity contribution >= 4 is 5.91 Å². The molecule has 2 N–H and O–H groups in total. The SMILES string of the molecule is CCCN(CC1CCCN1)C(C)C(=O)NCC. The molecule has 0 saturated carbocycles. The highest BCUT2D eigenvalue weighted by atomic mass is 16.2. The Morgan fingerprint density at radius 1 is 1.53 bits per heavy atom. The van der Waals surface area contributed by atoms with Gasteiger partial charge in [-0.2, -0.15) is 0 Å². The van der Waals surface area contributed by atoms with Crippen molar-refractivity contribution in [2.75, 3.05) is 26.2 Å². The zero-order valence-electron chi connectivity index (χ0n) is 11.5. The zero-order chi connectivity index (χ0) is 12.7. The number of nitrogens with zero attached hydrogens (tertiary/aromatic N) is 1. The van der Waals surface area contributed by atoms with Crippen LogP contribution in [0.1, 0.15) is 40.0 Å². The number of carbonyl (C=O) groups is 1. The first-order valence-corrected chi connectivity index (χ1v) is 6.94. The van der Waals surface area contributed by atoms with E-state index in [0.29, 0.717) is 12.6 Å². The maximum Gasteiger partial charge on any atom is 0.237 e. The van der Waals surface area contributed by atoms with E-state index in [0.717, 1.165) is 26.1 Å². The minimum absolute atomic E-state index is 0.0164. The lowest BCUT2D eigenvalue weighted by molar-refractivity contribution is -0.125. The molecule has 0 spiro atoms. The van der Waals surface area contributed by atoms with Gasteiger partial charge in [0.25, 0.3) is 0 Å². The first kappa shape index (κ1) is 14.5. The summed E-state index contributed by atoms with van der Waals surface area (Å²) in [6, 6.07) is 0.552. The topological polar surface area (TPSA) is 44.4 Å². The second-order valence-electron chi connectivity index (χ2n) is 4.86. The van der Waals surface area contributed by atoms with Crippen molar-refractivity contribution in [3.63, 3.8) is 0 Å². The summed E-state index contributed by atoms with van der Waals surface area (Å²) in [5.74, 6) is 0.152. The fourth-order valence-corrected chi connectivity index (χ4v) is 2.41. The molecule has 17 heavy (non-hydrogen) atoms. The molecule has 1 aliphatic rings. The average Bonchev–Trinajstić information content (AvgIpc) is 2.80. The molecule has 1 saturated heterocycles. The van der Waals surface area contributed by atoms with Crippen molar-refractivity contribution in [1.29, 1.82) is 0 Å². The third-order valence-electron chi connectivity index (χ3n) is 3.41. The highest BCUT2D eigenvalue weighted by molar-refractivity contribution is 5.81. The van der Waals surface area contributed by atoms with Crippen molar-refractivity contribution in [3.05, 3.63) is 0 Å². The smallest absolute Gasteiger partial charge is 0.237 e. The Morgan fingerprint density at radius 2 is 2.29 bits per heavy atom. The van der Waals surface area contributed by atoms with Crippen LogP contribution in [-0.4, -0.2) is 49.1 Å². The van der Waals surface area contributed by atoms with E-state index >= 15 is 0 Å². The molecule has 0 aromatic carbocycles. The fraction of sp³-hybridized carbons (Fsp3) is 0.923. The van der Waals surface area contributed by atoms with Gasteiger partial charge in [0.2, 0.25) is 5.91 Å². The molecule has 0 radical (unpaired) electrons. The molecule has 4 heteroatoms. The van der Waals surface area contributed by atoms with E-state index in [1.54, 1.807) is 0 Å². The Kier molecular flexibility index (Phi) is 6.52. The quantitative estimate of drug-likeness (QED) is 0.698. The first-order valence-electron chi connectivity index (χ1n) is 6.94. The van der Waals surface area contributed by atoms with Crippen molar-refractivity contribution in [2.45, 2.75) is 52.1 Å². The van der Waals surface area contributed by atoms with Crippen LogP contribution in [0.3, 0.4) is 0 Å². The minimum atomic E-state index is -0.0164. The predicted molar refractivity (Wildman–Crippen MR) is 71.0 cm³/mol. The average molecular weight is 241 g/mol. The lowest BCUT2D eigenvalue weighted by Gasteiger charge is -2.30. The molecule has 0 bridgehead atoms. The maximum absolute atomic E-state index is 11.9. The molecular formula is C13H27N3O. The molecule has 100 valence electrons. The lowest BCUT2D eigenvalue weighted by Crippen LogP contribution is -2.49. The summed E-state index contributed by atoms with van der Waals surface area (Å²) in [5, 5.41) is 6.41. The minimum Gasteiger partial charge on any atom is -0.355 e. The van der Waals surface area contributed by atoms with Crippen molar-refractivity contribution < 1.29 is 4.79 Å². The highest BCUT2D eigenvalue weighted by Crippen LogP contribution is 2.10. The molecule has 4 nitrogen and oxygen atoms in total. The molecule has 2 atom stereocenters. The summed E-state index contributed by atoms with van der Waals surface area (Å²) >= 11 is 0. The van der Waals surface area contributed by atoms with Crippen LogP contribution < -0.4 is 10.6 Å². The van der Waals surface area contributed by atoms with Gasteiger partial charge in [-0.3, -0.25) is 9.69 Å². The molecule has 1 heterocycles. The normalized spacial score (nSPS) is 21.8. The maximum atomic E-state index is 11.9. The van der Waals surface area contributed by atoms with Crippen LogP contribution >= 0.6 is 0 Å². The molecule has 2 unspecified atom stereocenters. The van der Waals surface area contributed by atoms with Gasteiger partial charge < -0.3 is 10.6 Å². The summed E-state index contributed by atoms with van der Waals surface area (Å²) in [5.41, 5.74) is 0. The largest absolute Gasteiger partial charge is 0.355 e. The Balaban J connectivity index is 2.47. The van der Waals surface area contributed by atoms with Crippen LogP contribution in [0.25, 0.3) is 0 Å². The first-order chi connectivity index (χ1) is 8.19. The Hall–Kier alpha value is -0.610. The van der Waals surface area contributed by atoms with Crippen LogP contribution in [0.4, 0.5) is 0 Å². The summed E-state index contributed by atoms with van der Waals surface area (Å²) in [4.78, 5) is 14.2. The third-order valence-corrected chi connectivity index (χ3v) is 3.41. The van der Waals surface area contributed by atoms with Crippen LogP contribution in [-0.2, 0) is 4.79 Å². The Bertz CT molecular complexity index is 227. The van der Waals surface area contributed by atoms with Gasteiger partial charge in [0.15, 0.2) is 0 Å². The van der Waals surface area contributed by atoms with E-state index in [4.69, 9.17) is 0 Å². The van der Waals surface area contributed by atoms with Gasteiger partial charge in [-0.1, -0.05) is 6.92 Å². The van der Waals surface area contributed by atoms with Crippen molar-refractivity contribution in [2.24, 2.45) is 0 Å². The van der Waals surface area contributed by atoms with Crippen LogP contribution in [0.2, 0.25) is 0 Å². The van der Waals surface area contributed by atoms with E-state index in [2.05, 4.69) is 22.5 Å². The lowest BCUT2D eigenvalue weighted by atomic mass is 10.1. The van der Waals surface area contributed by atoms with Crippen molar-refractivity contribution in [3.8, 4) is 0 Å². The molecule has 1 fully saturated rings. The van der Waals surface area contributed by atoms with E-state index < -0.39 is 0 Å². The van der Waals surface area contributed by atoms with E-state index in [9.17, 15) is 4.79 Å². The number of carbonyl (C=O) groups excluding carboxylic acids is 1. The summed E-state index contributed by atoms with van der Waals surface area (Å²) in [6.45, 7) is 9.97. The van der Waals surface area contributed by atoms with Gasteiger partial charge in [0, 0.05) is 19.1 Å². The fourth-order valence-electron chi connectivity index (χ4n) is 2.41. The summed E-state index contributed by atoms with van der Waals surface area (Å²) < 4.78 is 0. The van der Waals surface area contributed by atoms with Gasteiger partial charge in [0.1, 0.15) is 0 Å². The third kappa shape index (κ3) is 4.64. The number of amides is 1. The number of nitrogens with one attached hydrogen (secondary N) is 2. The molecule has 0 aliphatic carbocycles. The number of hydrogen-bond donors (Lipinski definition) is 2. The predicted octanol–water partition coefficient (Wildman–Crippen LogP) is 0.975. The van der Waals surface area contributed by atoms with Gasteiger partial charge >= 0.3 is 0 Å². The molecule has 0 aromatic rings. The van der Waals surface area contributed by atoms with Gasteiger partial charge in [-0.15, -0.1) is 0 Å². The monoisotopic (exact) mass is 241 g/mol.